The summed E-state index contributed by atoms with van der Waals surface area (Å²) in [5.74, 6) is 0. The summed E-state index contributed by atoms with van der Waals surface area (Å²) in [5.41, 5.74) is 4.46. The number of carbonyl (C=O) groups is 1. The highest BCUT2D eigenvalue weighted by Crippen LogP contribution is 2.20. The number of halogens is 2. The van der Waals surface area contributed by atoms with Crippen LogP contribution in [-0.4, -0.2) is 11.1 Å². The number of aromatic nitrogens is 1. The van der Waals surface area contributed by atoms with Gasteiger partial charge in [-0.3, -0.25) is 4.98 Å². The molecule has 1 amide bonds. The molecule has 0 aliphatic carbocycles. The van der Waals surface area contributed by atoms with Crippen molar-refractivity contribution in [2.75, 3.05) is 0 Å². The molecule has 0 aliphatic rings. The van der Waals surface area contributed by atoms with Gasteiger partial charge in [-0.2, -0.15) is 0 Å². The zero-order valence-electron chi connectivity index (χ0n) is 7.11. The summed E-state index contributed by atoms with van der Waals surface area (Å²) in [5, 5.41) is 0. The van der Waals surface area contributed by atoms with Crippen molar-refractivity contribution in [2.24, 2.45) is 5.73 Å². The van der Waals surface area contributed by atoms with Crippen LogP contribution < -0.4 is 5.73 Å². The first-order valence-corrected chi connectivity index (χ1v) is 3.75. The molecule has 76 valence electrons. The lowest BCUT2D eigenvalue weighted by atomic mass is 10.2. The highest BCUT2D eigenvalue weighted by Gasteiger charge is 2.14. The molecule has 0 fully saturated rings. The average Bonchev–Trinajstić information content (AvgIpc) is 2.15. The van der Waals surface area contributed by atoms with Gasteiger partial charge in [0.15, 0.2) is 0 Å². The van der Waals surface area contributed by atoms with Gasteiger partial charge in [-0.1, -0.05) is 6.07 Å². The van der Waals surface area contributed by atoms with E-state index in [9.17, 15) is 13.6 Å². The van der Waals surface area contributed by atoms with Gasteiger partial charge in [-0.05, 0) is 6.07 Å². The predicted octanol–water partition coefficient (Wildman–Crippen LogP) is 1.61. The second-order valence-corrected chi connectivity index (χ2v) is 2.46. The van der Waals surface area contributed by atoms with Crippen molar-refractivity contribution < 1.29 is 18.3 Å². The van der Waals surface area contributed by atoms with Gasteiger partial charge in [0.2, 0.25) is 0 Å². The van der Waals surface area contributed by atoms with E-state index in [-0.39, 0.29) is 12.2 Å². The van der Waals surface area contributed by atoms with Crippen LogP contribution >= 0.6 is 0 Å². The molecule has 4 nitrogen and oxygen atoms in total. The standard InChI is InChI=1S/C8H8F2N2O2/c9-7(10)6-5(2-1-3-12-6)4-14-8(11)13/h1-3,7H,4H2,(H2,11,13). The quantitative estimate of drug-likeness (QED) is 0.809. The number of carbonyl (C=O) groups excluding carboxylic acids is 1. The summed E-state index contributed by atoms with van der Waals surface area (Å²) < 4.78 is 29.0. The first-order valence-electron chi connectivity index (χ1n) is 3.75. The lowest BCUT2D eigenvalue weighted by Gasteiger charge is -2.06. The molecule has 0 aromatic carbocycles. The number of amides is 1. The van der Waals surface area contributed by atoms with Crippen LogP contribution in [0.25, 0.3) is 0 Å². The second-order valence-electron chi connectivity index (χ2n) is 2.46. The highest BCUT2D eigenvalue weighted by molar-refractivity contribution is 5.64. The minimum atomic E-state index is -2.69. The SMILES string of the molecule is NC(=O)OCc1cccnc1C(F)F. The monoisotopic (exact) mass is 202 g/mol. The molecule has 0 saturated heterocycles. The molecule has 0 unspecified atom stereocenters. The van der Waals surface area contributed by atoms with E-state index in [1.54, 1.807) is 0 Å². The molecule has 0 atom stereocenters. The number of nitrogens with two attached hydrogens (primary N) is 1. The van der Waals surface area contributed by atoms with E-state index >= 15 is 0 Å². The number of hydrogen-bond acceptors (Lipinski definition) is 3. The summed E-state index contributed by atoms with van der Waals surface area (Å²) >= 11 is 0. The van der Waals surface area contributed by atoms with Crippen LogP contribution in [0.5, 0.6) is 0 Å². The normalized spacial score (nSPS) is 10.2. The van der Waals surface area contributed by atoms with Gasteiger partial charge in [-0.25, -0.2) is 13.6 Å². The van der Waals surface area contributed by atoms with E-state index in [2.05, 4.69) is 9.72 Å². The molecule has 1 aromatic heterocycles. The van der Waals surface area contributed by atoms with Crippen LogP contribution in [-0.2, 0) is 11.3 Å². The summed E-state index contributed by atoms with van der Waals surface area (Å²) in [6.45, 7) is -0.289. The number of hydrogen-bond donors (Lipinski definition) is 1. The number of primary amides is 1. The number of ether oxygens (including phenoxy) is 1. The van der Waals surface area contributed by atoms with Gasteiger partial charge in [0, 0.05) is 11.8 Å². The first kappa shape index (κ1) is 10.4. The van der Waals surface area contributed by atoms with Crippen molar-refractivity contribution >= 4 is 6.09 Å². The maximum absolute atomic E-state index is 12.3. The van der Waals surface area contributed by atoms with Gasteiger partial charge in [0.05, 0.1) is 0 Å². The molecule has 0 bridgehead atoms. The van der Waals surface area contributed by atoms with Gasteiger partial charge >= 0.3 is 6.09 Å². The smallest absolute Gasteiger partial charge is 0.404 e. The predicted molar refractivity (Wildman–Crippen MR) is 43.6 cm³/mol. The molecule has 0 aliphatic heterocycles. The highest BCUT2D eigenvalue weighted by atomic mass is 19.3. The molecule has 6 heteroatoms. The Bertz CT molecular complexity index is 331. The molecule has 1 aromatic rings. The molecule has 2 N–H and O–H groups in total. The topological polar surface area (TPSA) is 65.2 Å². The molecule has 1 heterocycles. The van der Waals surface area contributed by atoms with Crippen molar-refractivity contribution in [1.82, 2.24) is 4.98 Å². The summed E-state index contributed by atoms with van der Waals surface area (Å²) in [4.78, 5) is 13.7. The number of pyridine rings is 1. The minimum absolute atomic E-state index is 0.154. The maximum Gasteiger partial charge on any atom is 0.404 e. The molecule has 14 heavy (non-hydrogen) atoms. The molecule has 0 spiro atoms. The summed E-state index contributed by atoms with van der Waals surface area (Å²) in [7, 11) is 0. The van der Waals surface area contributed by atoms with Crippen molar-refractivity contribution in [3.05, 3.63) is 29.6 Å². The van der Waals surface area contributed by atoms with Crippen molar-refractivity contribution in [3.63, 3.8) is 0 Å². The van der Waals surface area contributed by atoms with E-state index in [1.807, 2.05) is 0 Å². The lowest BCUT2D eigenvalue weighted by molar-refractivity contribution is 0.132. The lowest BCUT2D eigenvalue weighted by Crippen LogP contribution is -2.13. The Morgan fingerprint density at radius 1 is 1.64 bits per heavy atom. The van der Waals surface area contributed by atoms with E-state index in [1.165, 1.54) is 18.3 Å². The number of rotatable bonds is 3. The van der Waals surface area contributed by atoms with E-state index in [0.717, 1.165) is 0 Å². The van der Waals surface area contributed by atoms with Crippen LogP contribution in [0, 0.1) is 0 Å². The van der Waals surface area contributed by atoms with Gasteiger partial charge in [0.25, 0.3) is 6.43 Å². The Morgan fingerprint density at radius 2 is 2.36 bits per heavy atom. The minimum Gasteiger partial charge on any atom is -0.445 e. The van der Waals surface area contributed by atoms with Crippen LogP contribution in [0.1, 0.15) is 17.7 Å². The van der Waals surface area contributed by atoms with Crippen molar-refractivity contribution in [1.29, 1.82) is 0 Å². The Labute approximate surface area is 78.7 Å². The summed E-state index contributed by atoms with van der Waals surface area (Å²) in [6, 6.07) is 2.88. The van der Waals surface area contributed by atoms with Crippen LogP contribution in [0.4, 0.5) is 13.6 Å². The molecular formula is C8H8F2N2O2. The van der Waals surface area contributed by atoms with E-state index in [0.29, 0.717) is 0 Å². The van der Waals surface area contributed by atoms with Crippen molar-refractivity contribution in [3.8, 4) is 0 Å². The molecular weight excluding hydrogens is 194 g/mol. The zero-order chi connectivity index (χ0) is 10.6. The van der Waals surface area contributed by atoms with Gasteiger partial charge in [-0.15, -0.1) is 0 Å². The number of nitrogens with zero attached hydrogens (tertiary/aromatic N) is 1. The fourth-order valence-corrected chi connectivity index (χ4v) is 0.918. The molecule has 1 rings (SSSR count). The van der Waals surface area contributed by atoms with Crippen LogP contribution in [0.2, 0.25) is 0 Å². The third-order valence-electron chi connectivity index (χ3n) is 1.50. The maximum atomic E-state index is 12.3. The van der Waals surface area contributed by atoms with Crippen LogP contribution in [0.15, 0.2) is 18.3 Å². The van der Waals surface area contributed by atoms with Crippen LogP contribution in [0.3, 0.4) is 0 Å². The van der Waals surface area contributed by atoms with Gasteiger partial charge in [0.1, 0.15) is 12.3 Å². The Hall–Kier alpha value is -1.72. The third kappa shape index (κ3) is 2.65. The van der Waals surface area contributed by atoms with E-state index < -0.39 is 18.2 Å². The Morgan fingerprint density at radius 3 is 2.93 bits per heavy atom. The fourth-order valence-electron chi connectivity index (χ4n) is 0.918. The molecule has 0 radical (unpaired) electrons. The fraction of sp³-hybridized carbons (Fsp3) is 0.250. The van der Waals surface area contributed by atoms with Gasteiger partial charge < -0.3 is 10.5 Å². The molecule has 0 saturated carbocycles. The largest absolute Gasteiger partial charge is 0.445 e. The first-order chi connectivity index (χ1) is 6.61. The number of alkyl halides is 2. The van der Waals surface area contributed by atoms with E-state index in [4.69, 9.17) is 5.73 Å². The summed E-state index contributed by atoms with van der Waals surface area (Å²) in [6.07, 6.45) is -2.45. The Balaban J connectivity index is 2.79. The van der Waals surface area contributed by atoms with Crippen molar-refractivity contribution in [2.45, 2.75) is 13.0 Å². The second kappa shape index (κ2) is 4.50. The average molecular weight is 202 g/mol. The zero-order valence-corrected chi connectivity index (χ0v) is 7.11. The Kier molecular flexibility index (Phi) is 3.33. The third-order valence-corrected chi connectivity index (χ3v) is 1.50.